The Bertz CT molecular complexity index is 1450. The first-order valence-corrected chi connectivity index (χ1v) is 12.7. The van der Waals surface area contributed by atoms with Crippen molar-refractivity contribution < 1.29 is 13.9 Å². The minimum atomic E-state index is -0.481. The number of carbonyl (C=O) groups is 1. The summed E-state index contributed by atoms with van der Waals surface area (Å²) >= 11 is 8.33. The molecule has 0 saturated heterocycles. The molecule has 0 N–H and O–H groups in total. The quantitative estimate of drug-likeness (QED) is 0.134. The van der Waals surface area contributed by atoms with Gasteiger partial charge >= 0.3 is 11.6 Å². The molecule has 6 nitrogen and oxygen atoms in total. The van der Waals surface area contributed by atoms with Crippen LogP contribution in [0.2, 0.25) is 0 Å². The van der Waals surface area contributed by atoms with Gasteiger partial charge in [-0.1, -0.05) is 36.9 Å². The minimum absolute atomic E-state index is 0.0302. The number of benzene rings is 2. The summed E-state index contributed by atoms with van der Waals surface area (Å²) in [5, 5.41) is 5.22. The maximum Gasteiger partial charge on any atom is 0.338 e. The molecule has 0 aliphatic heterocycles. The van der Waals surface area contributed by atoms with E-state index in [2.05, 4.69) is 18.9 Å². The molecule has 2 aromatic carbocycles. The average molecular weight is 499 g/mol. The van der Waals surface area contributed by atoms with Crippen molar-refractivity contribution in [1.82, 2.24) is 9.78 Å². The van der Waals surface area contributed by atoms with E-state index in [0.29, 0.717) is 26.6 Å². The van der Waals surface area contributed by atoms with Gasteiger partial charge in [0.2, 0.25) is 0 Å². The van der Waals surface area contributed by atoms with Gasteiger partial charge in [0.15, 0.2) is 8.29 Å². The third kappa shape index (κ3) is 4.95. The van der Waals surface area contributed by atoms with Crippen molar-refractivity contribution in [2.24, 2.45) is 0 Å². The fraction of sp³-hybridized carbons (Fsp3) is 0.250. The Morgan fingerprint density at radius 3 is 2.61 bits per heavy atom. The normalized spacial score (nSPS) is 11.3. The molecule has 4 rings (SSSR count). The van der Waals surface area contributed by atoms with Crippen LogP contribution in [-0.4, -0.2) is 22.0 Å². The Balaban J connectivity index is 1.56. The Hall–Kier alpha value is -2.75. The van der Waals surface area contributed by atoms with Crippen LogP contribution < -0.4 is 5.63 Å². The molecule has 0 atom stereocenters. The standard InChI is InChI=1S/C24H22N2O4S3/c1-13(2)18-11-19-16(10-21(27)30-20(19)9-14(18)3)12-29-22(28)15-5-7-17(8-6-15)26-24(31)33-23(25-26)32-4/h5-11,13H,12H2,1-4H3. The maximum absolute atomic E-state index is 12.7. The SMILES string of the molecule is CSc1nn(-c2ccc(C(=O)OCc3cc(=O)oc4cc(C)c(C(C)C)cc34)cc2)c(=S)s1. The summed E-state index contributed by atoms with van der Waals surface area (Å²) in [6, 6.07) is 12.2. The van der Waals surface area contributed by atoms with Crippen LogP contribution in [0.15, 0.2) is 56.0 Å². The number of nitrogens with zero attached hydrogens (tertiary/aromatic N) is 2. The highest BCUT2D eigenvalue weighted by atomic mass is 32.2. The maximum atomic E-state index is 12.7. The molecule has 33 heavy (non-hydrogen) atoms. The molecule has 170 valence electrons. The number of hydrogen-bond donors (Lipinski definition) is 0. The lowest BCUT2D eigenvalue weighted by Crippen LogP contribution is -2.09. The number of carbonyl (C=O) groups excluding carboxylic acids is 1. The Labute approximate surface area is 204 Å². The monoisotopic (exact) mass is 498 g/mol. The van der Waals surface area contributed by atoms with E-state index in [-0.39, 0.29) is 6.61 Å². The molecule has 0 fully saturated rings. The molecule has 0 spiro atoms. The summed E-state index contributed by atoms with van der Waals surface area (Å²) in [5.74, 6) is -0.167. The number of fused-ring (bicyclic) bond motifs is 1. The van der Waals surface area contributed by atoms with Crippen molar-refractivity contribution in [2.45, 2.75) is 37.6 Å². The van der Waals surface area contributed by atoms with Crippen LogP contribution in [0.1, 0.15) is 46.8 Å². The summed E-state index contributed by atoms with van der Waals surface area (Å²) < 4.78 is 14.1. The Morgan fingerprint density at radius 1 is 1.24 bits per heavy atom. The predicted octanol–water partition coefficient (Wildman–Crippen LogP) is 6.28. The zero-order valence-corrected chi connectivity index (χ0v) is 21.0. The van der Waals surface area contributed by atoms with Crippen molar-refractivity contribution in [1.29, 1.82) is 0 Å². The van der Waals surface area contributed by atoms with Crippen LogP contribution in [0.25, 0.3) is 16.7 Å². The number of aromatic nitrogens is 2. The highest BCUT2D eigenvalue weighted by Crippen LogP contribution is 2.27. The third-order valence-electron chi connectivity index (χ3n) is 5.25. The average Bonchev–Trinajstić information content (AvgIpc) is 3.17. The van der Waals surface area contributed by atoms with Gasteiger partial charge in [0.05, 0.1) is 11.3 Å². The second-order valence-corrected chi connectivity index (χ2v) is 10.5. The van der Waals surface area contributed by atoms with Gasteiger partial charge in [-0.15, -0.1) is 5.10 Å². The number of esters is 1. The minimum Gasteiger partial charge on any atom is -0.457 e. The number of ether oxygens (including phenoxy) is 1. The molecule has 0 saturated carbocycles. The van der Waals surface area contributed by atoms with Gasteiger partial charge in [0.1, 0.15) is 12.2 Å². The van der Waals surface area contributed by atoms with Crippen molar-refractivity contribution in [3.05, 3.63) is 79.1 Å². The lowest BCUT2D eigenvalue weighted by Gasteiger charge is -2.13. The van der Waals surface area contributed by atoms with E-state index < -0.39 is 11.6 Å². The molecule has 0 unspecified atom stereocenters. The Kier molecular flexibility index (Phi) is 6.83. The molecule has 0 bridgehead atoms. The van der Waals surface area contributed by atoms with Gasteiger partial charge in [-0.05, 0) is 78.8 Å². The number of rotatable bonds is 6. The van der Waals surface area contributed by atoms with Crippen molar-refractivity contribution >= 4 is 52.3 Å². The fourth-order valence-corrected chi connectivity index (χ4v) is 5.38. The lowest BCUT2D eigenvalue weighted by atomic mass is 9.95. The van der Waals surface area contributed by atoms with E-state index in [0.717, 1.165) is 26.5 Å². The van der Waals surface area contributed by atoms with Crippen LogP contribution in [0, 0.1) is 10.9 Å². The van der Waals surface area contributed by atoms with Crippen molar-refractivity contribution in [3.63, 3.8) is 0 Å². The summed E-state index contributed by atoms with van der Waals surface area (Å²) in [6.07, 6.45) is 1.95. The molecule has 4 aromatic rings. The first kappa shape index (κ1) is 23.4. The van der Waals surface area contributed by atoms with E-state index in [4.69, 9.17) is 21.4 Å². The van der Waals surface area contributed by atoms with Crippen molar-refractivity contribution in [2.75, 3.05) is 6.26 Å². The molecular formula is C24H22N2O4S3. The zero-order valence-electron chi connectivity index (χ0n) is 18.6. The van der Waals surface area contributed by atoms with Gasteiger partial charge in [-0.2, -0.15) is 0 Å². The molecule has 2 aromatic heterocycles. The van der Waals surface area contributed by atoms with Gasteiger partial charge < -0.3 is 9.15 Å². The smallest absolute Gasteiger partial charge is 0.338 e. The van der Waals surface area contributed by atoms with Crippen LogP contribution in [0.3, 0.4) is 0 Å². The first-order chi connectivity index (χ1) is 15.8. The van der Waals surface area contributed by atoms with Crippen LogP contribution >= 0.6 is 35.3 Å². The lowest BCUT2D eigenvalue weighted by molar-refractivity contribution is 0.0474. The summed E-state index contributed by atoms with van der Waals surface area (Å²) in [4.78, 5) is 24.7. The van der Waals surface area contributed by atoms with E-state index >= 15 is 0 Å². The van der Waals surface area contributed by atoms with Crippen LogP contribution in [-0.2, 0) is 11.3 Å². The highest BCUT2D eigenvalue weighted by molar-refractivity contribution is 8.00. The summed E-state index contributed by atoms with van der Waals surface area (Å²) in [7, 11) is 0. The predicted molar refractivity (Wildman–Crippen MR) is 134 cm³/mol. The van der Waals surface area contributed by atoms with Gasteiger partial charge in [0.25, 0.3) is 0 Å². The second kappa shape index (κ2) is 9.62. The molecule has 0 radical (unpaired) electrons. The largest absolute Gasteiger partial charge is 0.457 e. The van der Waals surface area contributed by atoms with Crippen molar-refractivity contribution in [3.8, 4) is 5.69 Å². The molecule has 2 heterocycles. The number of thioether (sulfide) groups is 1. The number of hydrogen-bond acceptors (Lipinski definition) is 8. The first-order valence-electron chi connectivity index (χ1n) is 10.3. The fourth-order valence-electron chi connectivity index (χ4n) is 3.60. The molecule has 0 amide bonds. The van der Waals surface area contributed by atoms with Gasteiger partial charge in [-0.3, -0.25) is 0 Å². The molecular weight excluding hydrogens is 476 g/mol. The second-order valence-electron chi connectivity index (χ2n) is 7.82. The summed E-state index contributed by atoms with van der Waals surface area (Å²) in [6.45, 7) is 6.18. The van der Waals surface area contributed by atoms with Gasteiger partial charge in [0, 0.05) is 17.0 Å². The zero-order chi connectivity index (χ0) is 23.7. The third-order valence-corrected chi connectivity index (χ3v) is 7.46. The molecule has 0 aliphatic carbocycles. The number of aryl methyl sites for hydroxylation is 1. The highest BCUT2D eigenvalue weighted by Gasteiger charge is 2.14. The summed E-state index contributed by atoms with van der Waals surface area (Å²) in [5.41, 5.74) is 4.02. The van der Waals surface area contributed by atoms with E-state index in [1.807, 2.05) is 25.3 Å². The van der Waals surface area contributed by atoms with E-state index in [9.17, 15) is 9.59 Å². The van der Waals surface area contributed by atoms with E-state index in [1.54, 1.807) is 28.9 Å². The van der Waals surface area contributed by atoms with Crippen LogP contribution in [0.5, 0.6) is 0 Å². The van der Waals surface area contributed by atoms with E-state index in [1.165, 1.54) is 29.2 Å². The molecule has 9 heteroatoms. The molecule has 0 aliphatic rings. The Morgan fingerprint density at radius 2 is 1.97 bits per heavy atom. The topological polar surface area (TPSA) is 74.3 Å². The van der Waals surface area contributed by atoms with Gasteiger partial charge in [-0.25, -0.2) is 14.3 Å². The van der Waals surface area contributed by atoms with Crippen LogP contribution in [0.4, 0.5) is 0 Å².